The lowest BCUT2D eigenvalue weighted by atomic mass is 10.1. The van der Waals surface area contributed by atoms with Crippen molar-refractivity contribution in [3.05, 3.63) is 41.7 Å². The molecular formula is C12H15N5O2S. The Morgan fingerprint density at radius 3 is 2.15 bits per heavy atom. The van der Waals surface area contributed by atoms with E-state index in [1.54, 1.807) is 32.0 Å². The van der Waals surface area contributed by atoms with Crippen molar-refractivity contribution in [2.24, 2.45) is 5.84 Å². The second-order valence-electron chi connectivity index (χ2n) is 4.26. The van der Waals surface area contributed by atoms with Gasteiger partial charge in [-0.25, -0.2) is 23.1 Å². The molecule has 0 aliphatic rings. The summed E-state index contributed by atoms with van der Waals surface area (Å²) in [6.07, 6.45) is 2.93. The highest BCUT2D eigenvalue weighted by atomic mass is 32.2. The van der Waals surface area contributed by atoms with Gasteiger partial charge in [0.2, 0.25) is 5.95 Å². The highest BCUT2D eigenvalue weighted by molar-refractivity contribution is 7.92. The largest absolute Gasteiger partial charge is 0.324 e. The molecule has 0 aliphatic heterocycles. The van der Waals surface area contributed by atoms with E-state index in [0.717, 1.165) is 0 Å². The van der Waals surface area contributed by atoms with Crippen LogP contribution in [0.15, 0.2) is 35.5 Å². The number of hydrogen-bond donors (Lipinski definition) is 3. The molecule has 0 bridgehead atoms. The van der Waals surface area contributed by atoms with E-state index in [1.807, 2.05) is 0 Å². The molecule has 2 aromatic rings. The molecule has 0 radical (unpaired) electrons. The number of benzene rings is 1. The standard InChI is InChI=1S/C12H15N5O2S/c1-8-6-10(16-13)7-9(2)11(8)20(18,19)17-12-14-4-3-5-15-12/h3-7,16H,13H2,1-2H3,(H,14,15,17). The Balaban J connectivity index is 2.45. The van der Waals surface area contributed by atoms with Crippen LogP contribution in [0.4, 0.5) is 11.6 Å². The quantitative estimate of drug-likeness (QED) is 0.577. The lowest BCUT2D eigenvalue weighted by Crippen LogP contribution is -2.18. The molecule has 8 heteroatoms. The van der Waals surface area contributed by atoms with Gasteiger partial charge in [-0.1, -0.05) is 0 Å². The van der Waals surface area contributed by atoms with E-state index in [2.05, 4.69) is 20.1 Å². The van der Waals surface area contributed by atoms with Crippen LogP contribution in [-0.2, 0) is 10.0 Å². The van der Waals surface area contributed by atoms with E-state index >= 15 is 0 Å². The van der Waals surface area contributed by atoms with Crippen molar-refractivity contribution >= 4 is 21.7 Å². The van der Waals surface area contributed by atoms with Crippen molar-refractivity contribution in [2.45, 2.75) is 18.7 Å². The summed E-state index contributed by atoms with van der Waals surface area (Å²) in [6.45, 7) is 3.41. The molecule has 20 heavy (non-hydrogen) atoms. The van der Waals surface area contributed by atoms with Gasteiger partial charge in [0.15, 0.2) is 0 Å². The summed E-state index contributed by atoms with van der Waals surface area (Å²) in [5.41, 5.74) is 4.31. The number of nitrogens with zero attached hydrogens (tertiary/aromatic N) is 2. The van der Waals surface area contributed by atoms with Gasteiger partial charge in [-0.15, -0.1) is 0 Å². The molecule has 7 nitrogen and oxygen atoms in total. The molecule has 0 atom stereocenters. The number of sulfonamides is 1. The molecule has 0 amide bonds. The molecule has 0 spiro atoms. The molecular weight excluding hydrogens is 278 g/mol. The maximum absolute atomic E-state index is 12.4. The van der Waals surface area contributed by atoms with E-state index in [0.29, 0.717) is 16.8 Å². The van der Waals surface area contributed by atoms with E-state index in [9.17, 15) is 8.42 Å². The SMILES string of the molecule is Cc1cc(NN)cc(C)c1S(=O)(=O)Nc1ncccn1. The third-order valence-electron chi connectivity index (χ3n) is 2.69. The number of hydrogen-bond acceptors (Lipinski definition) is 6. The van der Waals surface area contributed by atoms with Crippen LogP contribution in [0, 0.1) is 13.8 Å². The fourth-order valence-corrected chi connectivity index (χ4v) is 3.39. The predicted octanol–water partition coefficient (Wildman–Crippen LogP) is 1.18. The topological polar surface area (TPSA) is 110 Å². The van der Waals surface area contributed by atoms with Gasteiger partial charge in [0.25, 0.3) is 10.0 Å². The fraction of sp³-hybridized carbons (Fsp3) is 0.167. The summed E-state index contributed by atoms with van der Waals surface area (Å²) in [7, 11) is -3.74. The first-order valence-corrected chi connectivity index (χ1v) is 7.30. The highest BCUT2D eigenvalue weighted by Crippen LogP contribution is 2.25. The Morgan fingerprint density at radius 2 is 1.65 bits per heavy atom. The molecule has 0 fully saturated rings. The van der Waals surface area contributed by atoms with Crippen LogP contribution in [0.2, 0.25) is 0 Å². The Morgan fingerprint density at radius 1 is 1.10 bits per heavy atom. The summed E-state index contributed by atoms with van der Waals surface area (Å²) in [6, 6.07) is 4.93. The third kappa shape index (κ3) is 2.86. The van der Waals surface area contributed by atoms with Gasteiger partial charge >= 0.3 is 0 Å². The Labute approximate surface area is 117 Å². The molecule has 1 heterocycles. The maximum Gasteiger partial charge on any atom is 0.264 e. The first kappa shape index (κ1) is 14.2. The van der Waals surface area contributed by atoms with Gasteiger partial charge in [0.05, 0.1) is 4.90 Å². The number of aromatic nitrogens is 2. The smallest absolute Gasteiger partial charge is 0.264 e. The molecule has 4 N–H and O–H groups in total. The van der Waals surface area contributed by atoms with Crippen molar-refractivity contribution in [3.8, 4) is 0 Å². The van der Waals surface area contributed by atoms with E-state index in [-0.39, 0.29) is 10.8 Å². The number of nitrogens with one attached hydrogen (secondary N) is 2. The minimum Gasteiger partial charge on any atom is -0.324 e. The van der Waals surface area contributed by atoms with Gasteiger partial charge in [-0.3, -0.25) is 5.84 Å². The van der Waals surface area contributed by atoms with Crippen molar-refractivity contribution < 1.29 is 8.42 Å². The van der Waals surface area contributed by atoms with Crippen molar-refractivity contribution in [2.75, 3.05) is 10.1 Å². The lowest BCUT2D eigenvalue weighted by molar-refractivity contribution is 0.599. The molecule has 1 aromatic carbocycles. The van der Waals surface area contributed by atoms with Gasteiger partial charge < -0.3 is 5.43 Å². The number of anilines is 2. The zero-order valence-electron chi connectivity index (χ0n) is 11.1. The van der Waals surface area contributed by atoms with Crippen molar-refractivity contribution in [3.63, 3.8) is 0 Å². The normalized spacial score (nSPS) is 11.2. The highest BCUT2D eigenvalue weighted by Gasteiger charge is 2.21. The van der Waals surface area contributed by atoms with Crippen LogP contribution in [0.5, 0.6) is 0 Å². The monoisotopic (exact) mass is 293 g/mol. The van der Waals surface area contributed by atoms with Gasteiger partial charge in [-0.05, 0) is 43.2 Å². The van der Waals surface area contributed by atoms with Gasteiger partial charge in [0, 0.05) is 18.1 Å². The summed E-state index contributed by atoms with van der Waals surface area (Å²) >= 11 is 0. The fourth-order valence-electron chi connectivity index (χ4n) is 1.98. The zero-order chi connectivity index (χ0) is 14.8. The summed E-state index contributed by atoms with van der Waals surface area (Å²) in [4.78, 5) is 7.90. The number of hydrazine groups is 1. The number of aryl methyl sites for hydroxylation is 2. The van der Waals surface area contributed by atoms with E-state index < -0.39 is 10.0 Å². The predicted molar refractivity (Wildman–Crippen MR) is 76.6 cm³/mol. The second-order valence-corrected chi connectivity index (χ2v) is 5.88. The van der Waals surface area contributed by atoms with Crippen LogP contribution < -0.4 is 16.0 Å². The molecule has 2 rings (SSSR count). The third-order valence-corrected chi connectivity index (χ3v) is 4.32. The minimum absolute atomic E-state index is 0.0346. The molecule has 106 valence electrons. The maximum atomic E-state index is 12.4. The Hall–Kier alpha value is -2.19. The molecule has 1 aromatic heterocycles. The van der Waals surface area contributed by atoms with E-state index in [1.165, 1.54) is 12.4 Å². The lowest BCUT2D eigenvalue weighted by Gasteiger charge is -2.13. The molecule has 0 aliphatic carbocycles. The van der Waals surface area contributed by atoms with Crippen LogP contribution in [0.3, 0.4) is 0 Å². The van der Waals surface area contributed by atoms with Crippen molar-refractivity contribution in [1.29, 1.82) is 0 Å². The van der Waals surface area contributed by atoms with Crippen LogP contribution in [0.25, 0.3) is 0 Å². The van der Waals surface area contributed by atoms with Gasteiger partial charge in [-0.2, -0.15) is 0 Å². The molecule has 0 unspecified atom stereocenters. The summed E-state index contributed by atoms with van der Waals surface area (Å²) in [5.74, 6) is 5.37. The number of rotatable bonds is 4. The Kier molecular flexibility index (Phi) is 3.86. The molecule has 0 saturated heterocycles. The minimum atomic E-state index is -3.74. The van der Waals surface area contributed by atoms with Crippen molar-refractivity contribution in [1.82, 2.24) is 9.97 Å². The number of nitrogens with two attached hydrogens (primary N) is 1. The van der Waals surface area contributed by atoms with Crippen LogP contribution in [0.1, 0.15) is 11.1 Å². The second kappa shape index (κ2) is 5.43. The first-order chi connectivity index (χ1) is 9.44. The van der Waals surface area contributed by atoms with Gasteiger partial charge in [0.1, 0.15) is 0 Å². The zero-order valence-corrected chi connectivity index (χ0v) is 11.9. The van der Waals surface area contributed by atoms with E-state index in [4.69, 9.17) is 5.84 Å². The van der Waals surface area contributed by atoms with Crippen LogP contribution >= 0.6 is 0 Å². The first-order valence-electron chi connectivity index (χ1n) is 5.82. The Bertz CT molecular complexity index is 693. The average Bonchev–Trinajstić information content (AvgIpc) is 2.37. The summed E-state index contributed by atoms with van der Waals surface area (Å²) < 4.78 is 27.2. The number of nitrogen functional groups attached to an aromatic ring is 1. The van der Waals surface area contributed by atoms with Crippen LogP contribution in [-0.4, -0.2) is 18.4 Å². The molecule has 0 saturated carbocycles. The average molecular weight is 293 g/mol. The summed E-state index contributed by atoms with van der Waals surface area (Å²) in [5, 5.41) is 0.